The summed E-state index contributed by atoms with van der Waals surface area (Å²) in [5, 5.41) is 0. The van der Waals surface area contributed by atoms with Gasteiger partial charge in [0.2, 0.25) is 0 Å². The minimum atomic E-state index is -0.403. The molecule has 0 saturated carbocycles. The van der Waals surface area contributed by atoms with Crippen molar-refractivity contribution in [3.63, 3.8) is 0 Å². The lowest BCUT2D eigenvalue weighted by atomic mass is 10.1. The van der Waals surface area contributed by atoms with Gasteiger partial charge in [0, 0.05) is 133 Å². The van der Waals surface area contributed by atoms with Gasteiger partial charge in [0.15, 0.2) is 0 Å². The molecule has 0 amide bonds. The number of hydrogen-bond acceptors (Lipinski definition) is 30. The normalized spacial score (nSPS) is 14.7. The van der Waals surface area contributed by atoms with Crippen LogP contribution in [0, 0.1) is 17.8 Å². The molecule has 0 radical (unpaired) electrons. The number of unbranched alkanes of at least 4 members (excludes halogenated alkanes) is 6. The molecule has 0 aromatic carbocycles. The summed E-state index contributed by atoms with van der Waals surface area (Å²) in [5.41, 5.74) is 0. The van der Waals surface area contributed by atoms with Crippen molar-refractivity contribution in [2.75, 3.05) is 72.7 Å². The lowest BCUT2D eigenvalue weighted by Crippen LogP contribution is -2.32. The predicted molar refractivity (Wildman–Crippen MR) is 328 cm³/mol. The Morgan fingerprint density at radius 3 is 0.602 bits per heavy atom. The van der Waals surface area contributed by atoms with Gasteiger partial charge in [-0.3, -0.25) is 0 Å². The summed E-state index contributed by atoms with van der Waals surface area (Å²) < 4.78 is 50.2. The van der Waals surface area contributed by atoms with Crippen LogP contribution in [0.2, 0.25) is 0 Å². The first kappa shape index (κ1) is 99.3. The van der Waals surface area contributed by atoms with E-state index in [1.54, 1.807) is 0 Å². The van der Waals surface area contributed by atoms with Crippen molar-refractivity contribution in [3.05, 3.63) is 0 Å². The molecule has 93 heavy (non-hydrogen) atoms. The summed E-state index contributed by atoms with van der Waals surface area (Å²) in [6, 6.07) is 0. The predicted octanol–water partition coefficient (Wildman–Crippen LogP) is 1.74. The number of aldehydes is 21. The summed E-state index contributed by atoms with van der Waals surface area (Å²) in [6.07, 6.45) is 20.4. The highest BCUT2D eigenvalue weighted by atomic mass is 16.6. The lowest BCUT2D eigenvalue weighted by Gasteiger charge is -2.22. The molecule has 3 saturated heterocycles. The zero-order chi connectivity index (χ0) is 71.5. The average Bonchev–Trinajstić information content (AvgIpc) is 3.03. The van der Waals surface area contributed by atoms with Crippen molar-refractivity contribution in [2.45, 2.75) is 179 Å². The van der Waals surface area contributed by atoms with Gasteiger partial charge in [0.1, 0.15) is 156 Å². The maximum atomic E-state index is 9.97. The van der Waals surface area contributed by atoms with E-state index in [0.717, 1.165) is 95.3 Å². The monoisotopic (exact) mass is 1330 g/mol. The lowest BCUT2D eigenvalue weighted by molar-refractivity contribution is -0.118. The van der Waals surface area contributed by atoms with Crippen LogP contribution in [0.15, 0.2) is 0 Å². The van der Waals surface area contributed by atoms with Gasteiger partial charge in [-0.2, -0.15) is 0 Å². The third-order valence-corrected chi connectivity index (χ3v) is 10.2. The van der Waals surface area contributed by atoms with Crippen LogP contribution >= 0.6 is 0 Å². The summed E-state index contributed by atoms with van der Waals surface area (Å²) in [7, 11) is 0. The third-order valence-electron chi connectivity index (χ3n) is 10.2. The maximum absolute atomic E-state index is 9.97. The largest absolute Gasteiger partial charge is 0.376 e. The van der Waals surface area contributed by atoms with E-state index < -0.39 is 17.8 Å². The molecule has 3 aliphatic heterocycles. The molecule has 30 heteroatoms. The summed E-state index contributed by atoms with van der Waals surface area (Å²) in [5.74, 6) is -1.21. The molecule has 3 fully saturated rings. The fraction of sp³-hybridized carbons (Fsp3) is 0.667. The quantitative estimate of drug-likeness (QED) is 0.0475. The van der Waals surface area contributed by atoms with E-state index in [2.05, 4.69) is 0 Å². The summed E-state index contributed by atoms with van der Waals surface area (Å²) in [6.45, 7) is 12.5. The van der Waals surface area contributed by atoms with E-state index in [1.807, 2.05) is 20.8 Å². The molecule has 530 valence electrons. The minimum absolute atomic E-state index is 0.00892. The Balaban J connectivity index is -0.000000196. The molecule has 6 atom stereocenters. The van der Waals surface area contributed by atoms with Crippen molar-refractivity contribution in [2.24, 2.45) is 17.8 Å². The van der Waals surface area contributed by atoms with Crippen LogP contribution in [0.25, 0.3) is 0 Å². The van der Waals surface area contributed by atoms with E-state index in [4.69, 9.17) is 42.6 Å². The number of rotatable bonds is 53. The molecule has 3 rings (SSSR count). The summed E-state index contributed by atoms with van der Waals surface area (Å²) >= 11 is 0. The van der Waals surface area contributed by atoms with E-state index in [0.29, 0.717) is 186 Å². The molecule has 0 bridgehead atoms. The van der Waals surface area contributed by atoms with Crippen LogP contribution in [-0.2, 0) is 143 Å². The fourth-order valence-electron chi connectivity index (χ4n) is 4.78. The molecule has 0 aromatic rings. The van der Waals surface area contributed by atoms with Gasteiger partial charge in [-0.05, 0) is 20.8 Å². The minimum Gasteiger partial charge on any atom is -0.376 e. The Kier molecular flexibility index (Phi) is 94.9. The van der Waals surface area contributed by atoms with Crippen molar-refractivity contribution in [1.82, 2.24) is 0 Å². The van der Waals surface area contributed by atoms with Crippen LogP contribution in [-0.4, -0.2) is 247 Å². The van der Waals surface area contributed by atoms with Gasteiger partial charge in [0.05, 0.1) is 91.0 Å². The van der Waals surface area contributed by atoms with Gasteiger partial charge in [0.25, 0.3) is 0 Å². The standard InChI is InChI=1S/C21H38O9.3C6H8O3.6C4H6O2/c1-15(24-9-19-12-28-19)4-22-7-18(27-6-17(3)26-11-21-14-30-21)8-23-5-16(2)25-10-20-13-29-20;3*7-3-1-6(5-9)2-4-8;6*5-3-1-2-4-6/h15-21H,4-14H2,1-3H3;3*3-6H,1-2H2;6*3-4H,1-2H2. The molecule has 0 aromatic heterocycles. The number of carbonyl (C=O) groups excluding carboxylic acids is 21. The molecule has 6 unspecified atom stereocenters. The van der Waals surface area contributed by atoms with Crippen LogP contribution in [0.3, 0.4) is 0 Å². The number of epoxide rings is 3. The van der Waals surface area contributed by atoms with Crippen LogP contribution in [0.5, 0.6) is 0 Å². The first-order chi connectivity index (χ1) is 45.1. The second kappa shape index (κ2) is 88.9. The van der Waals surface area contributed by atoms with Gasteiger partial charge < -0.3 is 143 Å². The zero-order valence-electron chi connectivity index (χ0n) is 53.7. The molecule has 0 N–H and O–H groups in total. The SMILES string of the molecule is CC(COCC(COCC(C)OCC1CO1)OCC(C)OCC1CO1)OCC1CO1.O=CCC(C=O)CC=O.O=CCC(C=O)CC=O.O=CCC(C=O)CC=O.O=CCCC=O.O=CCCC=O.O=CCCC=O.O=CCCC=O.O=CCCC=O.O=CCCC=O. The second-order valence-corrected chi connectivity index (χ2v) is 18.9. The number of ether oxygens (including phenoxy) is 9. The van der Waals surface area contributed by atoms with Crippen molar-refractivity contribution in [3.8, 4) is 0 Å². The zero-order valence-corrected chi connectivity index (χ0v) is 53.7. The maximum Gasteiger partial charge on any atom is 0.123 e. The number of carbonyl (C=O) groups is 21. The fourth-order valence-corrected chi connectivity index (χ4v) is 4.78. The highest BCUT2D eigenvalue weighted by molar-refractivity contribution is 5.68. The first-order valence-corrected chi connectivity index (χ1v) is 29.8. The van der Waals surface area contributed by atoms with Crippen LogP contribution < -0.4 is 0 Å². The topological polar surface area (TPSA) is 451 Å². The Morgan fingerprint density at radius 1 is 0.269 bits per heavy atom. The first-order valence-electron chi connectivity index (χ1n) is 29.8. The molecule has 0 spiro atoms. The Morgan fingerprint density at radius 2 is 0.452 bits per heavy atom. The highest BCUT2D eigenvalue weighted by Gasteiger charge is 2.26. The van der Waals surface area contributed by atoms with Crippen molar-refractivity contribution in [1.29, 1.82) is 0 Å². The molecule has 30 nitrogen and oxygen atoms in total. The van der Waals surface area contributed by atoms with E-state index in [9.17, 15) is 101 Å². The average molecular weight is 1340 g/mol. The van der Waals surface area contributed by atoms with Gasteiger partial charge >= 0.3 is 0 Å². The van der Waals surface area contributed by atoms with E-state index in [-0.39, 0.29) is 81.3 Å². The molecular formula is C63H98O30. The van der Waals surface area contributed by atoms with E-state index in [1.165, 1.54) is 0 Å². The Hall–Kier alpha value is -7.29. The third kappa shape index (κ3) is 101. The Labute approximate surface area is 543 Å². The Bertz CT molecular complexity index is 1580. The van der Waals surface area contributed by atoms with Crippen LogP contribution in [0.1, 0.15) is 136 Å². The van der Waals surface area contributed by atoms with Gasteiger partial charge in [-0.1, -0.05) is 0 Å². The van der Waals surface area contributed by atoms with Crippen molar-refractivity contribution < 1.29 is 143 Å². The van der Waals surface area contributed by atoms with Crippen LogP contribution in [0.4, 0.5) is 0 Å². The molecule has 3 aliphatic rings. The highest BCUT2D eigenvalue weighted by Crippen LogP contribution is 2.13. The summed E-state index contributed by atoms with van der Waals surface area (Å²) in [4.78, 5) is 201. The molecular weight excluding hydrogens is 1240 g/mol. The molecule has 0 aliphatic carbocycles. The number of hydrogen-bond donors (Lipinski definition) is 0. The van der Waals surface area contributed by atoms with Crippen molar-refractivity contribution >= 4 is 132 Å². The van der Waals surface area contributed by atoms with Gasteiger partial charge in [-0.15, -0.1) is 0 Å². The second-order valence-electron chi connectivity index (χ2n) is 18.9. The van der Waals surface area contributed by atoms with Gasteiger partial charge in [-0.25, -0.2) is 0 Å². The smallest absolute Gasteiger partial charge is 0.123 e. The van der Waals surface area contributed by atoms with E-state index >= 15 is 0 Å². The molecule has 3 heterocycles.